The monoisotopic (exact) mass is 237 g/mol. The Morgan fingerprint density at radius 3 is 1.94 bits per heavy atom. The van der Waals surface area contributed by atoms with Crippen LogP contribution in [0.1, 0.15) is 77.6 Å². The quantitative estimate of drug-likeness (QED) is 0.709. The van der Waals surface area contributed by atoms with Crippen molar-refractivity contribution in [1.82, 2.24) is 5.32 Å². The van der Waals surface area contributed by atoms with Crippen molar-refractivity contribution < 1.29 is 0 Å². The maximum absolute atomic E-state index is 3.86. The standard InChI is InChI=1S/C16H31N/c1-2-14-9-11-15(12-10-14)13-17-16-7-5-3-4-6-8-16/h14-17H,2-13H2,1H3. The minimum absolute atomic E-state index is 0.849. The van der Waals surface area contributed by atoms with Gasteiger partial charge in [0.05, 0.1) is 0 Å². The van der Waals surface area contributed by atoms with Crippen molar-refractivity contribution in [3.63, 3.8) is 0 Å². The van der Waals surface area contributed by atoms with Gasteiger partial charge in [-0.25, -0.2) is 0 Å². The lowest BCUT2D eigenvalue weighted by molar-refractivity contribution is 0.253. The highest BCUT2D eigenvalue weighted by Crippen LogP contribution is 2.30. The molecule has 2 saturated carbocycles. The molecular weight excluding hydrogens is 206 g/mol. The molecule has 2 aliphatic carbocycles. The molecule has 1 heteroatoms. The minimum atomic E-state index is 0.849. The summed E-state index contributed by atoms with van der Waals surface area (Å²) in [6.45, 7) is 3.66. The van der Waals surface area contributed by atoms with Gasteiger partial charge in [-0.2, -0.15) is 0 Å². The van der Waals surface area contributed by atoms with Crippen molar-refractivity contribution in [2.45, 2.75) is 83.6 Å². The number of nitrogens with one attached hydrogen (secondary N) is 1. The molecule has 100 valence electrons. The molecule has 0 spiro atoms. The third kappa shape index (κ3) is 4.62. The highest BCUT2D eigenvalue weighted by Gasteiger charge is 2.20. The molecule has 2 fully saturated rings. The van der Waals surface area contributed by atoms with Crippen LogP contribution in [0.5, 0.6) is 0 Å². The molecule has 2 rings (SSSR count). The van der Waals surface area contributed by atoms with Gasteiger partial charge < -0.3 is 5.32 Å². The number of hydrogen-bond donors (Lipinski definition) is 1. The summed E-state index contributed by atoms with van der Waals surface area (Å²) in [5.74, 6) is 2.03. The maximum Gasteiger partial charge on any atom is 0.00671 e. The average molecular weight is 237 g/mol. The zero-order valence-corrected chi connectivity index (χ0v) is 11.7. The first kappa shape index (κ1) is 13.4. The Kier molecular flexibility index (Phi) is 5.84. The van der Waals surface area contributed by atoms with Crippen LogP contribution in [-0.4, -0.2) is 12.6 Å². The van der Waals surface area contributed by atoms with Crippen molar-refractivity contribution in [2.24, 2.45) is 11.8 Å². The second kappa shape index (κ2) is 7.41. The van der Waals surface area contributed by atoms with E-state index in [2.05, 4.69) is 12.2 Å². The molecule has 2 aliphatic rings. The molecule has 0 aliphatic heterocycles. The Bertz CT molecular complexity index is 186. The Morgan fingerprint density at radius 2 is 1.35 bits per heavy atom. The van der Waals surface area contributed by atoms with E-state index in [1.165, 1.54) is 77.2 Å². The molecule has 0 amide bonds. The van der Waals surface area contributed by atoms with Crippen molar-refractivity contribution in [2.75, 3.05) is 6.54 Å². The van der Waals surface area contributed by atoms with Crippen LogP contribution in [0.3, 0.4) is 0 Å². The van der Waals surface area contributed by atoms with Gasteiger partial charge in [0.1, 0.15) is 0 Å². The van der Waals surface area contributed by atoms with E-state index < -0.39 is 0 Å². The third-order valence-electron chi connectivity index (χ3n) is 5.09. The Labute approximate surface area is 108 Å². The van der Waals surface area contributed by atoms with Crippen molar-refractivity contribution in [1.29, 1.82) is 0 Å². The molecule has 0 atom stereocenters. The zero-order valence-electron chi connectivity index (χ0n) is 11.7. The molecule has 0 aromatic carbocycles. The summed E-state index contributed by atoms with van der Waals surface area (Å²) in [5, 5.41) is 3.86. The van der Waals surface area contributed by atoms with Gasteiger partial charge in [0.25, 0.3) is 0 Å². The summed E-state index contributed by atoms with van der Waals surface area (Å²) >= 11 is 0. The summed E-state index contributed by atoms with van der Waals surface area (Å²) in [7, 11) is 0. The van der Waals surface area contributed by atoms with Crippen molar-refractivity contribution in [3.05, 3.63) is 0 Å². The summed E-state index contributed by atoms with van der Waals surface area (Å²) in [6, 6.07) is 0.849. The largest absolute Gasteiger partial charge is 0.314 e. The van der Waals surface area contributed by atoms with Gasteiger partial charge in [0.15, 0.2) is 0 Å². The highest BCUT2D eigenvalue weighted by atomic mass is 14.9. The third-order valence-corrected chi connectivity index (χ3v) is 5.09. The summed E-state index contributed by atoms with van der Waals surface area (Å²) in [5.41, 5.74) is 0. The first-order valence-corrected chi connectivity index (χ1v) is 8.12. The molecule has 17 heavy (non-hydrogen) atoms. The van der Waals surface area contributed by atoms with Crippen molar-refractivity contribution in [3.8, 4) is 0 Å². The first-order chi connectivity index (χ1) is 8.38. The van der Waals surface area contributed by atoms with Crippen LogP contribution in [0.4, 0.5) is 0 Å². The molecule has 0 unspecified atom stereocenters. The van der Waals surface area contributed by atoms with Gasteiger partial charge in [0, 0.05) is 6.04 Å². The van der Waals surface area contributed by atoms with Crippen LogP contribution in [0.2, 0.25) is 0 Å². The topological polar surface area (TPSA) is 12.0 Å². The summed E-state index contributed by atoms with van der Waals surface area (Å²) in [4.78, 5) is 0. The summed E-state index contributed by atoms with van der Waals surface area (Å²) in [6.07, 6.45) is 16.1. The number of hydrogen-bond acceptors (Lipinski definition) is 1. The normalized spacial score (nSPS) is 32.3. The second-order valence-corrected chi connectivity index (χ2v) is 6.39. The Hall–Kier alpha value is -0.0400. The maximum atomic E-state index is 3.86. The van der Waals surface area contributed by atoms with Crippen LogP contribution in [0.15, 0.2) is 0 Å². The summed E-state index contributed by atoms with van der Waals surface area (Å²) < 4.78 is 0. The lowest BCUT2D eigenvalue weighted by Gasteiger charge is -2.29. The molecule has 0 aromatic rings. The fraction of sp³-hybridized carbons (Fsp3) is 1.00. The fourth-order valence-corrected chi connectivity index (χ4v) is 3.66. The van der Waals surface area contributed by atoms with Gasteiger partial charge >= 0.3 is 0 Å². The first-order valence-electron chi connectivity index (χ1n) is 8.12. The van der Waals surface area contributed by atoms with E-state index in [0.29, 0.717) is 0 Å². The number of rotatable bonds is 4. The smallest absolute Gasteiger partial charge is 0.00671 e. The van der Waals surface area contributed by atoms with Crippen LogP contribution < -0.4 is 5.32 Å². The van der Waals surface area contributed by atoms with Gasteiger partial charge in [-0.15, -0.1) is 0 Å². The zero-order chi connectivity index (χ0) is 11.9. The molecule has 0 bridgehead atoms. The fourth-order valence-electron chi connectivity index (χ4n) is 3.66. The van der Waals surface area contributed by atoms with E-state index in [0.717, 1.165) is 17.9 Å². The van der Waals surface area contributed by atoms with Crippen LogP contribution in [0, 0.1) is 11.8 Å². The van der Waals surface area contributed by atoms with E-state index in [4.69, 9.17) is 0 Å². The molecule has 1 nitrogen and oxygen atoms in total. The predicted molar refractivity (Wildman–Crippen MR) is 75.2 cm³/mol. The van der Waals surface area contributed by atoms with Gasteiger partial charge in [-0.3, -0.25) is 0 Å². The SMILES string of the molecule is CCC1CCC(CNC2CCCCCC2)CC1. The highest BCUT2D eigenvalue weighted by molar-refractivity contribution is 4.76. The van der Waals surface area contributed by atoms with Gasteiger partial charge in [-0.05, 0) is 44.1 Å². The average Bonchev–Trinajstić information content (AvgIpc) is 2.65. The molecule has 0 radical (unpaired) electrons. The van der Waals surface area contributed by atoms with Crippen LogP contribution >= 0.6 is 0 Å². The van der Waals surface area contributed by atoms with Crippen LogP contribution in [0.25, 0.3) is 0 Å². The van der Waals surface area contributed by atoms with Gasteiger partial charge in [-0.1, -0.05) is 51.9 Å². The second-order valence-electron chi connectivity index (χ2n) is 6.39. The van der Waals surface area contributed by atoms with E-state index in [1.54, 1.807) is 0 Å². The van der Waals surface area contributed by atoms with E-state index in [1.807, 2.05) is 0 Å². The van der Waals surface area contributed by atoms with Crippen molar-refractivity contribution >= 4 is 0 Å². The van der Waals surface area contributed by atoms with E-state index >= 15 is 0 Å². The molecule has 1 N–H and O–H groups in total. The van der Waals surface area contributed by atoms with E-state index in [-0.39, 0.29) is 0 Å². The Morgan fingerprint density at radius 1 is 0.765 bits per heavy atom. The molecule has 0 aromatic heterocycles. The predicted octanol–water partition coefficient (Wildman–Crippen LogP) is 4.52. The molecule has 0 heterocycles. The molecular formula is C16H31N. The lowest BCUT2D eigenvalue weighted by Crippen LogP contribution is -2.34. The Balaban J connectivity index is 1.61. The van der Waals surface area contributed by atoms with Gasteiger partial charge in [0.2, 0.25) is 0 Å². The lowest BCUT2D eigenvalue weighted by atomic mass is 9.81. The minimum Gasteiger partial charge on any atom is -0.314 e. The van der Waals surface area contributed by atoms with Crippen LogP contribution in [-0.2, 0) is 0 Å². The molecule has 0 saturated heterocycles. The van der Waals surface area contributed by atoms with E-state index in [9.17, 15) is 0 Å².